The van der Waals surface area contributed by atoms with E-state index in [0.29, 0.717) is 6.54 Å². The van der Waals surface area contributed by atoms with Crippen LogP contribution in [0.1, 0.15) is 18.3 Å². The zero-order chi connectivity index (χ0) is 19.6. The second kappa shape index (κ2) is 10.2. The Hall–Kier alpha value is -3.22. The molecule has 0 fully saturated rings. The van der Waals surface area contributed by atoms with E-state index >= 15 is 0 Å². The summed E-state index contributed by atoms with van der Waals surface area (Å²) in [7, 11) is 0. The fourth-order valence-electron chi connectivity index (χ4n) is 2.71. The number of nitrogens with zero attached hydrogens (tertiary/aromatic N) is 4. The summed E-state index contributed by atoms with van der Waals surface area (Å²) in [6.07, 6.45) is 5.25. The lowest BCUT2D eigenvalue weighted by Crippen LogP contribution is -2.38. The molecule has 3 rings (SSSR count). The zero-order valence-electron chi connectivity index (χ0n) is 16.0. The average Bonchev–Trinajstić information content (AvgIpc) is 3.18. The zero-order valence-corrected chi connectivity index (χ0v) is 16.0. The van der Waals surface area contributed by atoms with Crippen LogP contribution in [0.4, 0.5) is 4.39 Å². The standard InChI is InChI=1S/C21H25FN6/c1-2-23-21(25-14-10-18-5-3-4-13-24-18)26-15-11-19-12-16-28(27-19)20-8-6-17(22)7-9-20/h3-9,12-13,16H,2,10-11,14-15H2,1H3,(H2,23,25,26). The fraction of sp³-hybridized carbons (Fsp3) is 0.286. The molecular formula is C21H25FN6. The molecule has 0 saturated heterocycles. The lowest BCUT2D eigenvalue weighted by atomic mass is 10.3. The Labute approximate surface area is 164 Å². The molecule has 3 aromatic rings. The van der Waals surface area contributed by atoms with E-state index in [1.165, 1.54) is 12.1 Å². The van der Waals surface area contributed by atoms with Crippen molar-refractivity contribution in [1.29, 1.82) is 0 Å². The molecule has 146 valence electrons. The summed E-state index contributed by atoms with van der Waals surface area (Å²) in [5.74, 6) is 0.537. The quantitative estimate of drug-likeness (QED) is 0.466. The van der Waals surface area contributed by atoms with Gasteiger partial charge in [-0.05, 0) is 49.4 Å². The third kappa shape index (κ3) is 5.90. The van der Waals surface area contributed by atoms with Crippen molar-refractivity contribution in [2.75, 3.05) is 19.6 Å². The van der Waals surface area contributed by atoms with Crippen LogP contribution in [0.5, 0.6) is 0 Å². The predicted molar refractivity (Wildman–Crippen MR) is 109 cm³/mol. The maximum absolute atomic E-state index is 13.0. The van der Waals surface area contributed by atoms with Crippen molar-refractivity contribution in [2.24, 2.45) is 4.99 Å². The van der Waals surface area contributed by atoms with Crippen molar-refractivity contribution in [2.45, 2.75) is 19.8 Å². The summed E-state index contributed by atoms with van der Waals surface area (Å²) in [5, 5.41) is 11.1. The molecule has 0 bridgehead atoms. The SMILES string of the molecule is CCNC(=NCCc1ccccn1)NCCc1ccn(-c2ccc(F)cc2)n1. The number of halogens is 1. The van der Waals surface area contributed by atoms with Gasteiger partial charge in [0.25, 0.3) is 0 Å². The van der Waals surface area contributed by atoms with Crippen molar-refractivity contribution in [1.82, 2.24) is 25.4 Å². The molecule has 0 unspecified atom stereocenters. The van der Waals surface area contributed by atoms with Crippen molar-refractivity contribution < 1.29 is 4.39 Å². The van der Waals surface area contributed by atoms with E-state index in [9.17, 15) is 4.39 Å². The number of rotatable bonds is 8. The van der Waals surface area contributed by atoms with Crippen molar-refractivity contribution >= 4 is 5.96 Å². The molecule has 0 atom stereocenters. The van der Waals surface area contributed by atoms with Crippen LogP contribution in [0.3, 0.4) is 0 Å². The van der Waals surface area contributed by atoms with Crippen LogP contribution in [0.25, 0.3) is 5.69 Å². The van der Waals surface area contributed by atoms with Crippen LogP contribution in [-0.4, -0.2) is 40.4 Å². The number of hydrogen-bond donors (Lipinski definition) is 2. The molecule has 2 aromatic heterocycles. The van der Waals surface area contributed by atoms with Gasteiger partial charge in [-0.15, -0.1) is 0 Å². The van der Waals surface area contributed by atoms with Crippen LogP contribution < -0.4 is 10.6 Å². The molecule has 28 heavy (non-hydrogen) atoms. The van der Waals surface area contributed by atoms with Gasteiger partial charge in [-0.25, -0.2) is 9.07 Å². The maximum Gasteiger partial charge on any atom is 0.191 e. The molecule has 0 aliphatic rings. The van der Waals surface area contributed by atoms with Gasteiger partial charge in [0.05, 0.1) is 11.4 Å². The molecular weight excluding hydrogens is 355 g/mol. The van der Waals surface area contributed by atoms with Gasteiger partial charge in [-0.3, -0.25) is 9.98 Å². The summed E-state index contributed by atoms with van der Waals surface area (Å²) in [4.78, 5) is 8.91. The average molecular weight is 380 g/mol. The monoisotopic (exact) mass is 380 g/mol. The number of guanidine groups is 1. The van der Waals surface area contributed by atoms with Crippen molar-refractivity contribution in [3.8, 4) is 5.69 Å². The van der Waals surface area contributed by atoms with Gasteiger partial charge in [0, 0.05) is 50.6 Å². The minimum Gasteiger partial charge on any atom is -0.357 e. The molecule has 0 amide bonds. The smallest absolute Gasteiger partial charge is 0.191 e. The topological polar surface area (TPSA) is 67.1 Å². The van der Waals surface area contributed by atoms with E-state index in [1.54, 1.807) is 23.0 Å². The Bertz CT molecular complexity index is 873. The lowest BCUT2D eigenvalue weighted by Gasteiger charge is -2.10. The number of benzene rings is 1. The van der Waals surface area contributed by atoms with Gasteiger partial charge < -0.3 is 10.6 Å². The summed E-state index contributed by atoms with van der Waals surface area (Å²) in [6, 6.07) is 14.2. The van der Waals surface area contributed by atoms with Gasteiger partial charge in [-0.2, -0.15) is 5.10 Å². The van der Waals surface area contributed by atoms with Gasteiger partial charge in [0.1, 0.15) is 5.82 Å². The van der Waals surface area contributed by atoms with E-state index < -0.39 is 0 Å². The summed E-state index contributed by atoms with van der Waals surface area (Å²) >= 11 is 0. The second-order valence-electron chi connectivity index (χ2n) is 6.24. The molecule has 7 heteroatoms. The minimum absolute atomic E-state index is 0.251. The maximum atomic E-state index is 13.0. The van der Waals surface area contributed by atoms with Crippen LogP contribution >= 0.6 is 0 Å². The highest BCUT2D eigenvalue weighted by Crippen LogP contribution is 2.09. The lowest BCUT2D eigenvalue weighted by molar-refractivity contribution is 0.627. The van der Waals surface area contributed by atoms with E-state index in [1.807, 2.05) is 37.4 Å². The molecule has 0 saturated carbocycles. The Morgan fingerprint density at radius 3 is 2.64 bits per heavy atom. The number of aromatic nitrogens is 3. The highest BCUT2D eigenvalue weighted by molar-refractivity contribution is 5.79. The fourth-order valence-corrected chi connectivity index (χ4v) is 2.71. The molecule has 6 nitrogen and oxygen atoms in total. The van der Waals surface area contributed by atoms with E-state index in [-0.39, 0.29) is 5.82 Å². The molecule has 0 radical (unpaired) electrons. The van der Waals surface area contributed by atoms with Crippen LogP contribution in [0.2, 0.25) is 0 Å². The summed E-state index contributed by atoms with van der Waals surface area (Å²) in [5.41, 5.74) is 2.83. The molecule has 1 aromatic carbocycles. The van der Waals surface area contributed by atoms with Crippen LogP contribution in [-0.2, 0) is 12.8 Å². The molecule has 2 N–H and O–H groups in total. The summed E-state index contributed by atoms with van der Waals surface area (Å²) < 4.78 is 14.8. The van der Waals surface area contributed by atoms with E-state index in [2.05, 4.69) is 25.7 Å². The van der Waals surface area contributed by atoms with Crippen LogP contribution in [0, 0.1) is 5.82 Å². The first-order chi connectivity index (χ1) is 13.7. The third-order valence-electron chi connectivity index (χ3n) is 4.12. The molecule has 0 aliphatic carbocycles. The first-order valence-electron chi connectivity index (χ1n) is 9.47. The molecule has 2 heterocycles. The van der Waals surface area contributed by atoms with E-state index in [0.717, 1.165) is 49.0 Å². The summed E-state index contributed by atoms with van der Waals surface area (Å²) in [6.45, 7) is 4.23. The number of pyridine rings is 1. The Morgan fingerprint density at radius 2 is 1.89 bits per heavy atom. The number of aliphatic imine (C=N–C) groups is 1. The molecule has 0 spiro atoms. The van der Waals surface area contributed by atoms with Crippen LogP contribution in [0.15, 0.2) is 65.9 Å². The number of nitrogens with one attached hydrogen (secondary N) is 2. The highest BCUT2D eigenvalue weighted by atomic mass is 19.1. The Morgan fingerprint density at radius 1 is 1.04 bits per heavy atom. The Balaban J connectivity index is 1.49. The van der Waals surface area contributed by atoms with Crippen molar-refractivity contribution in [3.05, 3.63) is 78.1 Å². The van der Waals surface area contributed by atoms with Gasteiger partial charge >= 0.3 is 0 Å². The van der Waals surface area contributed by atoms with Gasteiger partial charge in [-0.1, -0.05) is 6.07 Å². The number of hydrogen-bond acceptors (Lipinski definition) is 3. The van der Waals surface area contributed by atoms with Crippen molar-refractivity contribution in [3.63, 3.8) is 0 Å². The van der Waals surface area contributed by atoms with E-state index in [4.69, 9.17) is 0 Å². The Kier molecular flexibility index (Phi) is 7.12. The normalized spacial score (nSPS) is 11.4. The van der Waals surface area contributed by atoms with Gasteiger partial charge in [0.15, 0.2) is 5.96 Å². The third-order valence-corrected chi connectivity index (χ3v) is 4.12. The molecule has 0 aliphatic heterocycles. The predicted octanol–water partition coefficient (Wildman–Crippen LogP) is 2.75. The highest BCUT2D eigenvalue weighted by Gasteiger charge is 2.03. The largest absolute Gasteiger partial charge is 0.357 e. The minimum atomic E-state index is -0.251. The first-order valence-corrected chi connectivity index (χ1v) is 9.47. The first kappa shape index (κ1) is 19.5. The second-order valence-corrected chi connectivity index (χ2v) is 6.24. The van der Waals surface area contributed by atoms with Gasteiger partial charge in [0.2, 0.25) is 0 Å².